The third-order valence-corrected chi connectivity index (χ3v) is 6.35. The minimum absolute atomic E-state index is 0.0761. The number of carbonyl (C=O) groups excluding carboxylic acids is 1. The Bertz CT molecular complexity index is 1070. The van der Waals surface area contributed by atoms with Crippen LogP contribution in [0.3, 0.4) is 0 Å². The Labute approximate surface area is 221 Å². The quantitative estimate of drug-likeness (QED) is 0.469. The minimum atomic E-state index is -0.265. The van der Waals surface area contributed by atoms with Gasteiger partial charge < -0.3 is 28.6 Å². The third kappa shape index (κ3) is 7.86. The maximum absolute atomic E-state index is 11.4. The van der Waals surface area contributed by atoms with E-state index in [2.05, 4.69) is 22.0 Å². The molecule has 2 aliphatic heterocycles. The van der Waals surface area contributed by atoms with Crippen LogP contribution >= 0.6 is 23.2 Å². The highest BCUT2D eigenvalue weighted by Gasteiger charge is 2.27. The molecule has 0 aliphatic carbocycles. The van der Waals surface area contributed by atoms with Crippen molar-refractivity contribution in [3.05, 3.63) is 77.3 Å². The summed E-state index contributed by atoms with van der Waals surface area (Å²) in [7, 11) is 0. The molecule has 2 fully saturated rings. The molecule has 2 atom stereocenters. The molecule has 1 amide bonds. The van der Waals surface area contributed by atoms with Gasteiger partial charge in [0.15, 0.2) is 6.29 Å². The van der Waals surface area contributed by atoms with E-state index in [-0.39, 0.29) is 18.3 Å². The molecule has 3 aromatic rings. The van der Waals surface area contributed by atoms with Crippen LogP contribution < -0.4 is 9.64 Å². The number of hydrogen-bond donors (Lipinski definition) is 0. The molecule has 0 N–H and O–H groups in total. The van der Waals surface area contributed by atoms with Crippen molar-refractivity contribution in [2.24, 2.45) is 0 Å². The summed E-state index contributed by atoms with van der Waals surface area (Å²) >= 11 is 11.1. The highest BCUT2D eigenvalue weighted by atomic mass is 35.5. The molecule has 10 heteroatoms. The number of nitrogens with zero attached hydrogens (tertiary/aromatic N) is 4. The van der Waals surface area contributed by atoms with Crippen molar-refractivity contribution < 1.29 is 19.0 Å². The van der Waals surface area contributed by atoms with Gasteiger partial charge in [-0.25, -0.2) is 4.98 Å². The Kier molecular flexibility index (Phi) is 9.47. The Balaban J connectivity index is 0.000000325. The second kappa shape index (κ2) is 13.0. The first-order valence-corrected chi connectivity index (χ1v) is 12.6. The van der Waals surface area contributed by atoms with Gasteiger partial charge in [-0.3, -0.25) is 4.79 Å². The van der Waals surface area contributed by atoms with Crippen molar-refractivity contribution in [3.8, 4) is 5.75 Å². The van der Waals surface area contributed by atoms with Gasteiger partial charge in [0.25, 0.3) is 0 Å². The average molecular weight is 533 g/mol. The first-order valence-electron chi connectivity index (χ1n) is 11.8. The number of piperazine rings is 1. The van der Waals surface area contributed by atoms with Crippen molar-refractivity contribution in [2.75, 3.05) is 44.3 Å². The number of anilines is 1. The number of ether oxygens (including phenoxy) is 3. The van der Waals surface area contributed by atoms with E-state index in [1.807, 2.05) is 33.9 Å². The van der Waals surface area contributed by atoms with Gasteiger partial charge in [-0.1, -0.05) is 29.3 Å². The number of amides is 1. The lowest BCUT2D eigenvalue weighted by Gasteiger charge is -2.35. The van der Waals surface area contributed by atoms with Crippen molar-refractivity contribution in [1.82, 2.24) is 14.5 Å². The summed E-state index contributed by atoms with van der Waals surface area (Å²) in [6.07, 6.45) is 5.03. The molecule has 8 nitrogen and oxygen atoms in total. The van der Waals surface area contributed by atoms with Gasteiger partial charge in [0, 0.05) is 61.2 Å². The fourth-order valence-corrected chi connectivity index (χ4v) is 4.38. The second-order valence-electron chi connectivity index (χ2n) is 8.52. The van der Waals surface area contributed by atoms with E-state index in [1.54, 1.807) is 37.6 Å². The van der Waals surface area contributed by atoms with Crippen LogP contribution in [-0.4, -0.2) is 72.1 Å². The van der Waals surface area contributed by atoms with Gasteiger partial charge >= 0.3 is 0 Å². The monoisotopic (exact) mass is 532 g/mol. The van der Waals surface area contributed by atoms with Crippen molar-refractivity contribution >= 4 is 34.8 Å². The van der Waals surface area contributed by atoms with E-state index in [9.17, 15) is 4.79 Å². The van der Waals surface area contributed by atoms with E-state index in [1.165, 1.54) is 0 Å². The lowest BCUT2D eigenvalue weighted by Crippen LogP contribution is -2.48. The van der Waals surface area contributed by atoms with Gasteiger partial charge in [0.1, 0.15) is 18.5 Å². The number of hydrogen-bond acceptors (Lipinski definition) is 6. The van der Waals surface area contributed by atoms with Gasteiger partial charge in [-0.2, -0.15) is 0 Å². The Morgan fingerprint density at radius 2 is 1.81 bits per heavy atom. The first kappa shape index (κ1) is 26.3. The van der Waals surface area contributed by atoms with E-state index in [0.29, 0.717) is 29.8 Å². The fraction of sp³-hybridized carbons (Fsp3) is 0.385. The largest absolute Gasteiger partial charge is 0.491 e. The molecule has 2 saturated heterocycles. The number of carbonyl (C=O) groups is 1. The average Bonchev–Trinajstić information content (AvgIpc) is 3.56. The molecule has 0 unspecified atom stereocenters. The van der Waals surface area contributed by atoms with Gasteiger partial charge in [-0.15, -0.1) is 0 Å². The predicted molar refractivity (Wildman–Crippen MR) is 140 cm³/mol. The number of rotatable bonds is 6. The first-order chi connectivity index (χ1) is 17.5. The van der Waals surface area contributed by atoms with Crippen LogP contribution in [0.15, 0.2) is 67.3 Å². The van der Waals surface area contributed by atoms with Gasteiger partial charge in [0.05, 0.1) is 19.5 Å². The number of imidazole rings is 1. The second-order valence-corrected chi connectivity index (χ2v) is 9.39. The minimum Gasteiger partial charge on any atom is -0.491 e. The maximum atomic E-state index is 11.4. The molecular formula is C26H30Cl2N4O4. The summed E-state index contributed by atoms with van der Waals surface area (Å²) in [4.78, 5) is 19.6. The van der Waals surface area contributed by atoms with Crippen LogP contribution in [0.4, 0.5) is 5.69 Å². The third-order valence-electron chi connectivity index (χ3n) is 5.88. The highest BCUT2D eigenvalue weighted by molar-refractivity contribution is 6.34. The van der Waals surface area contributed by atoms with Crippen LogP contribution in [-0.2, 0) is 20.8 Å². The summed E-state index contributed by atoms with van der Waals surface area (Å²) in [5, 5.41) is 1.36. The van der Waals surface area contributed by atoms with E-state index >= 15 is 0 Å². The number of benzene rings is 2. The fourth-order valence-electron chi connectivity index (χ4n) is 3.94. The van der Waals surface area contributed by atoms with Crippen molar-refractivity contribution in [2.45, 2.75) is 25.9 Å². The van der Waals surface area contributed by atoms with Crippen LogP contribution in [0.1, 0.15) is 6.92 Å². The molecule has 3 heterocycles. The Morgan fingerprint density at radius 3 is 2.39 bits per heavy atom. The summed E-state index contributed by atoms with van der Waals surface area (Å²) in [6, 6.07) is 15.2. The number of halogens is 2. The van der Waals surface area contributed by atoms with Crippen LogP contribution in [0.5, 0.6) is 5.75 Å². The summed E-state index contributed by atoms with van der Waals surface area (Å²) < 4.78 is 19.3. The lowest BCUT2D eigenvalue weighted by atomic mass is 10.2. The summed E-state index contributed by atoms with van der Waals surface area (Å²) in [5.41, 5.74) is 1.15. The molecule has 192 valence electrons. The van der Waals surface area contributed by atoms with Crippen LogP contribution in [0.2, 0.25) is 10.0 Å². The summed E-state index contributed by atoms with van der Waals surface area (Å²) in [5.74, 6) is 0.960. The topological polar surface area (TPSA) is 69.1 Å². The van der Waals surface area contributed by atoms with Crippen LogP contribution in [0.25, 0.3) is 0 Å². The predicted octanol–water partition coefficient (Wildman–Crippen LogP) is 4.37. The molecule has 0 radical (unpaired) electrons. The zero-order valence-electron chi connectivity index (χ0n) is 20.1. The molecular weight excluding hydrogens is 503 g/mol. The molecule has 0 bridgehead atoms. The molecule has 2 aliphatic rings. The molecule has 36 heavy (non-hydrogen) atoms. The highest BCUT2D eigenvalue weighted by Crippen LogP contribution is 2.22. The molecule has 0 saturated carbocycles. The zero-order chi connectivity index (χ0) is 25.3. The lowest BCUT2D eigenvalue weighted by molar-refractivity contribution is -0.129. The van der Waals surface area contributed by atoms with Gasteiger partial charge in [-0.05, 0) is 42.5 Å². The normalized spacial score (nSPS) is 19.5. The number of aromatic nitrogens is 2. The van der Waals surface area contributed by atoms with Gasteiger partial charge in [0.2, 0.25) is 5.91 Å². The molecule has 2 aromatic carbocycles. The zero-order valence-corrected chi connectivity index (χ0v) is 21.6. The Hall–Kier alpha value is -2.78. The van der Waals surface area contributed by atoms with Crippen molar-refractivity contribution in [3.63, 3.8) is 0 Å². The molecule has 5 rings (SSSR count). The van der Waals surface area contributed by atoms with E-state index < -0.39 is 0 Å². The molecule has 1 aromatic heterocycles. The van der Waals surface area contributed by atoms with E-state index in [4.69, 9.17) is 37.4 Å². The molecule has 0 spiro atoms. The van der Waals surface area contributed by atoms with Crippen LogP contribution in [0, 0.1) is 0 Å². The maximum Gasteiger partial charge on any atom is 0.219 e. The van der Waals surface area contributed by atoms with Crippen molar-refractivity contribution in [1.29, 1.82) is 0 Å². The van der Waals surface area contributed by atoms with E-state index in [0.717, 1.165) is 37.6 Å². The standard InChI is InChI=1S/C20H26N4O4.C6H4Cl2/c1-16(25)23-8-10-24(11-9-23)17-2-4-18(5-3-17)26-13-19-14-27-20(28-19)12-22-7-6-21-15-22;7-5-2-1-3-6(8)4-5/h2-7,15,19-20H,8-14H2,1H3;1-4H/t19-,20+;/m0./s1. The SMILES string of the molecule is CC(=O)N1CCN(c2ccc(OC[C@H]3CO[C@@H](Cn4ccnc4)O3)cc2)CC1.Clc1cccc(Cl)c1. The summed E-state index contributed by atoms with van der Waals surface area (Å²) in [6.45, 7) is 6.48. The Morgan fingerprint density at radius 1 is 1.08 bits per heavy atom. The smallest absolute Gasteiger partial charge is 0.219 e.